The molecule has 2 N–H and O–H groups in total. The van der Waals surface area contributed by atoms with Crippen LogP contribution in [0.15, 0.2) is 6.07 Å². The molecular weight excluding hydrogens is 214 g/mol. The maximum absolute atomic E-state index is 5.90. The van der Waals surface area contributed by atoms with E-state index in [9.17, 15) is 0 Å². The zero-order chi connectivity index (χ0) is 12.4. The van der Waals surface area contributed by atoms with Crippen molar-refractivity contribution in [1.82, 2.24) is 9.88 Å². The van der Waals surface area contributed by atoms with E-state index in [0.29, 0.717) is 17.6 Å². The summed E-state index contributed by atoms with van der Waals surface area (Å²) in [6.45, 7) is 6.61. The molecule has 0 amide bonds. The molecule has 4 nitrogen and oxygen atoms in total. The number of rotatable bonds is 2. The van der Waals surface area contributed by atoms with Crippen LogP contribution in [0.3, 0.4) is 0 Å². The minimum Gasteiger partial charge on any atom is -0.480 e. The lowest BCUT2D eigenvalue weighted by molar-refractivity contribution is 0.232. The van der Waals surface area contributed by atoms with Crippen molar-refractivity contribution in [2.45, 2.75) is 32.7 Å². The van der Waals surface area contributed by atoms with Crippen LogP contribution in [0.25, 0.3) is 0 Å². The number of nitrogens with zero attached hydrogens (tertiary/aromatic N) is 2. The summed E-state index contributed by atoms with van der Waals surface area (Å²) in [5.41, 5.74) is 8.95. The molecular formula is C13H21N3O. The molecule has 0 saturated heterocycles. The highest BCUT2D eigenvalue weighted by molar-refractivity contribution is 5.51. The molecule has 0 saturated carbocycles. The van der Waals surface area contributed by atoms with Crippen molar-refractivity contribution in [3.8, 4) is 5.88 Å². The Morgan fingerprint density at radius 2 is 2.06 bits per heavy atom. The summed E-state index contributed by atoms with van der Waals surface area (Å²) in [5, 5.41) is 0. The van der Waals surface area contributed by atoms with Gasteiger partial charge in [0.15, 0.2) is 0 Å². The number of aromatic nitrogens is 1. The number of pyridine rings is 1. The van der Waals surface area contributed by atoms with Crippen LogP contribution in [0.4, 0.5) is 5.69 Å². The van der Waals surface area contributed by atoms with Crippen molar-refractivity contribution in [2.24, 2.45) is 0 Å². The van der Waals surface area contributed by atoms with Crippen LogP contribution >= 0.6 is 0 Å². The van der Waals surface area contributed by atoms with Gasteiger partial charge in [0.25, 0.3) is 0 Å². The number of hydrogen-bond acceptors (Lipinski definition) is 4. The molecule has 4 heteroatoms. The fourth-order valence-corrected chi connectivity index (χ4v) is 2.33. The summed E-state index contributed by atoms with van der Waals surface area (Å²) in [6, 6.07) is 2.61. The number of hydrogen-bond donors (Lipinski definition) is 1. The third kappa shape index (κ3) is 2.52. The van der Waals surface area contributed by atoms with Crippen LogP contribution < -0.4 is 10.5 Å². The average molecular weight is 235 g/mol. The van der Waals surface area contributed by atoms with Gasteiger partial charge in [0.1, 0.15) is 0 Å². The topological polar surface area (TPSA) is 51.4 Å². The molecule has 17 heavy (non-hydrogen) atoms. The predicted octanol–water partition coefficient (Wildman–Crippen LogP) is 1.48. The molecule has 0 bridgehead atoms. The molecule has 0 aromatic carbocycles. The summed E-state index contributed by atoms with van der Waals surface area (Å²) < 4.78 is 5.18. The molecule has 0 fully saturated rings. The molecule has 94 valence electrons. The molecule has 2 rings (SSSR count). The van der Waals surface area contributed by atoms with E-state index in [-0.39, 0.29) is 0 Å². The Hall–Kier alpha value is -1.29. The Morgan fingerprint density at radius 1 is 1.35 bits per heavy atom. The number of anilines is 1. The largest absolute Gasteiger partial charge is 0.480 e. The van der Waals surface area contributed by atoms with E-state index in [0.717, 1.165) is 31.6 Å². The summed E-state index contributed by atoms with van der Waals surface area (Å²) in [5.74, 6) is 0.557. The predicted molar refractivity (Wildman–Crippen MR) is 69.3 cm³/mol. The van der Waals surface area contributed by atoms with Crippen molar-refractivity contribution < 1.29 is 4.74 Å². The quantitative estimate of drug-likeness (QED) is 0.843. The van der Waals surface area contributed by atoms with Crippen molar-refractivity contribution in [3.05, 3.63) is 17.3 Å². The van der Waals surface area contributed by atoms with E-state index >= 15 is 0 Å². The van der Waals surface area contributed by atoms with Crippen LogP contribution in [-0.4, -0.2) is 36.1 Å². The first kappa shape index (κ1) is 12.2. The lowest BCUT2D eigenvalue weighted by Gasteiger charge is -2.23. The Bertz CT molecular complexity index is 404. The van der Waals surface area contributed by atoms with Crippen molar-refractivity contribution in [2.75, 3.05) is 25.9 Å². The average Bonchev–Trinajstić information content (AvgIpc) is 2.50. The van der Waals surface area contributed by atoms with E-state index in [4.69, 9.17) is 10.5 Å². The lowest BCUT2D eigenvalue weighted by atomic mass is 10.1. The summed E-state index contributed by atoms with van der Waals surface area (Å²) in [4.78, 5) is 6.99. The highest BCUT2D eigenvalue weighted by Gasteiger charge is 2.18. The molecule has 1 aliphatic rings. The molecule has 2 heterocycles. The number of methoxy groups -OCH3 is 1. The summed E-state index contributed by atoms with van der Waals surface area (Å²) in [6.07, 6.45) is 2.00. The Kier molecular flexibility index (Phi) is 3.52. The smallest absolute Gasteiger partial charge is 0.237 e. The monoisotopic (exact) mass is 235 g/mol. The number of fused-ring (bicyclic) bond motifs is 1. The van der Waals surface area contributed by atoms with Gasteiger partial charge in [-0.25, -0.2) is 4.98 Å². The van der Waals surface area contributed by atoms with Crippen LogP contribution in [-0.2, 0) is 12.8 Å². The van der Waals surface area contributed by atoms with Crippen molar-refractivity contribution in [1.29, 1.82) is 0 Å². The Morgan fingerprint density at radius 3 is 2.71 bits per heavy atom. The Labute approximate surface area is 103 Å². The maximum atomic E-state index is 5.90. The van der Waals surface area contributed by atoms with Gasteiger partial charge in [-0.1, -0.05) is 0 Å². The van der Waals surface area contributed by atoms with Gasteiger partial charge < -0.3 is 15.4 Å². The second-order valence-corrected chi connectivity index (χ2v) is 4.82. The normalized spacial score (nSPS) is 16.7. The minimum absolute atomic E-state index is 0.557. The standard InChI is InChI=1S/C13H21N3O/c1-9(2)16-6-4-10-8-11(14)13(17-3)15-12(10)5-7-16/h8-9H,4-7,14H2,1-3H3. The second kappa shape index (κ2) is 4.92. The lowest BCUT2D eigenvalue weighted by Crippen LogP contribution is -2.33. The first-order valence-corrected chi connectivity index (χ1v) is 6.18. The van der Waals surface area contributed by atoms with Crippen LogP contribution in [0.1, 0.15) is 25.1 Å². The zero-order valence-electron chi connectivity index (χ0n) is 10.9. The second-order valence-electron chi connectivity index (χ2n) is 4.82. The third-order valence-corrected chi connectivity index (χ3v) is 3.41. The van der Waals surface area contributed by atoms with E-state index < -0.39 is 0 Å². The van der Waals surface area contributed by atoms with Gasteiger partial charge in [-0.05, 0) is 31.9 Å². The molecule has 0 spiro atoms. The van der Waals surface area contributed by atoms with Gasteiger partial charge in [-0.15, -0.1) is 0 Å². The van der Waals surface area contributed by atoms with E-state index in [2.05, 4.69) is 23.7 Å². The minimum atomic E-state index is 0.557. The number of nitrogens with two attached hydrogens (primary N) is 1. The van der Waals surface area contributed by atoms with Crippen molar-refractivity contribution >= 4 is 5.69 Å². The van der Waals surface area contributed by atoms with Gasteiger partial charge in [-0.3, -0.25) is 0 Å². The molecule has 0 atom stereocenters. The first-order chi connectivity index (χ1) is 8.11. The first-order valence-electron chi connectivity index (χ1n) is 6.18. The zero-order valence-corrected chi connectivity index (χ0v) is 10.9. The van der Waals surface area contributed by atoms with Crippen LogP contribution in [0.2, 0.25) is 0 Å². The van der Waals surface area contributed by atoms with Gasteiger partial charge in [0.2, 0.25) is 5.88 Å². The number of nitrogen functional groups attached to an aromatic ring is 1. The van der Waals surface area contributed by atoms with Crippen molar-refractivity contribution in [3.63, 3.8) is 0 Å². The highest BCUT2D eigenvalue weighted by Crippen LogP contribution is 2.24. The number of ether oxygens (including phenoxy) is 1. The van der Waals surface area contributed by atoms with Gasteiger partial charge in [0, 0.05) is 31.2 Å². The fourth-order valence-electron chi connectivity index (χ4n) is 2.33. The molecule has 1 aromatic heterocycles. The molecule has 0 unspecified atom stereocenters. The third-order valence-electron chi connectivity index (χ3n) is 3.41. The van der Waals surface area contributed by atoms with E-state index in [1.807, 2.05) is 6.07 Å². The molecule has 1 aliphatic heterocycles. The van der Waals surface area contributed by atoms with Gasteiger partial charge in [0.05, 0.1) is 12.8 Å². The van der Waals surface area contributed by atoms with Crippen LogP contribution in [0.5, 0.6) is 5.88 Å². The molecule has 0 aliphatic carbocycles. The SMILES string of the molecule is COc1nc2c(cc1N)CCN(C(C)C)CC2. The van der Waals surface area contributed by atoms with E-state index in [1.54, 1.807) is 7.11 Å². The van der Waals surface area contributed by atoms with E-state index in [1.165, 1.54) is 5.56 Å². The Balaban J connectivity index is 2.25. The van der Waals surface area contributed by atoms with Crippen LogP contribution in [0, 0.1) is 0 Å². The molecule has 0 radical (unpaired) electrons. The highest BCUT2D eigenvalue weighted by atomic mass is 16.5. The van der Waals surface area contributed by atoms with Gasteiger partial charge >= 0.3 is 0 Å². The fraction of sp³-hybridized carbons (Fsp3) is 0.615. The summed E-state index contributed by atoms with van der Waals surface area (Å²) in [7, 11) is 1.61. The maximum Gasteiger partial charge on any atom is 0.237 e. The summed E-state index contributed by atoms with van der Waals surface area (Å²) >= 11 is 0. The van der Waals surface area contributed by atoms with Gasteiger partial charge in [-0.2, -0.15) is 0 Å². The molecule has 1 aromatic rings.